The van der Waals surface area contributed by atoms with E-state index in [4.69, 9.17) is 4.74 Å². The number of carbonyl (C=O) groups is 1. The van der Waals surface area contributed by atoms with Gasteiger partial charge in [-0.25, -0.2) is 4.98 Å². The molecule has 20 heavy (non-hydrogen) atoms. The number of aromatic nitrogens is 1. The summed E-state index contributed by atoms with van der Waals surface area (Å²) in [6.07, 6.45) is 1.66. The van der Waals surface area contributed by atoms with Crippen LogP contribution in [0.25, 0.3) is 0 Å². The molecule has 1 heterocycles. The van der Waals surface area contributed by atoms with E-state index in [-0.39, 0.29) is 5.91 Å². The van der Waals surface area contributed by atoms with Crippen LogP contribution in [-0.2, 0) is 11.9 Å². The van der Waals surface area contributed by atoms with Crippen LogP contribution >= 0.6 is 15.9 Å². The van der Waals surface area contributed by atoms with Gasteiger partial charge in [0, 0.05) is 29.2 Å². The molecule has 0 aliphatic heterocycles. The molecule has 1 amide bonds. The molecule has 1 N–H and O–H groups in total. The van der Waals surface area contributed by atoms with E-state index in [0.717, 1.165) is 16.5 Å². The summed E-state index contributed by atoms with van der Waals surface area (Å²) in [7, 11) is 1.56. The zero-order valence-corrected chi connectivity index (χ0v) is 12.7. The summed E-state index contributed by atoms with van der Waals surface area (Å²) in [5, 5.41) is 3.64. The number of halogens is 1. The second-order valence-corrected chi connectivity index (χ2v) is 4.75. The second kappa shape index (κ2) is 7.05. The highest BCUT2D eigenvalue weighted by atomic mass is 79.9. The van der Waals surface area contributed by atoms with Gasteiger partial charge in [0.05, 0.1) is 7.11 Å². The predicted molar refractivity (Wildman–Crippen MR) is 81.0 cm³/mol. The number of rotatable bonds is 5. The Kier molecular flexibility index (Phi) is 5.12. The number of nitrogens with zero attached hydrogens (tertiary/aromatic N) is 1. The maximum atomic E-state index is 12.0. The van der Waals surface area contributed by atoms with Gasteiger partial charge in [0.2, 0.25) is 5.88 Å². The average Bonchev–Trinajstić information content (AvgIpc) is 2.53. The van der Waals surface area contributed by atoms with Gasteiger partial charge in [-0.05, 0) is 23.8 Å². The highest BCUT2D eigenvalue weighted by Gasteiger charge is 2.08. The largest absolute Gasteiger partial charge is 0.481 e. The number of carbonyl (C=O) groups excluding carboxylic acids is 1. The minimum atomic E-state index is -0.114. The van der Waals surface area contributed by atoms with Crippen LogP contribution in [-0.4, -0.2) is 18.0 Å². The quantitative estimate of drug-likeness (QED) is 0.855. The van der Waals surface area contributed by atoms with E-state index in [1.54, 1.807) is 13.3 Å². The number of methoxy groups -OCH3 is 1. The lowest BCUT2D eigenvalue weighted by molar-refractivity contribution is 0.0950. The standard InChI is InChI=1S/C15H15BrN2O2/c1-20-15-13(3-2-8-17-15)10-18-14(19)12-6-4-11(9-16)5-7-12/h2-8H,9-10H2,1H3,(H,18,19). The Morgan fingerprint density at radius 1 is 1.30 bits per heavy atom. The summed E-state index contributed by atoms with van der Waals surface area (Å²) < 4.78 is 5.15. The fraction of sp³-hybridized carbons (Fsp3) is 0.200. The molecule has 5 heteroatoms. The lowest BCUT2D eigenvalue weighted by Gasteiger charge is -2.08. The van der Waals surface area contributed by atoms with Crippen molar-refractivity contribution in [3.05, 3.63) is 59.3 Å². The monoisotopic (exact) mass is 334 g/mol. The van der Waals surface area contributed by atoms with Crippen LogP contribution < -0.4 is 10.1 Å². The molecular formula is C15H15BrN2O2. The minimum absolute atomic E-state index is 0.114. The zero-order valence-electron chi connectivity index (χ0n) is 11.1. The molecule has 104 valence electrons. The second-order valence-electron chi connectivity index (χ2n) is 4.19. The van der Waals surface area contributed by atoms with Crippen LogP contribution in [0.4, 0.5) is 0 Å². The molecule has 0 atom stereocenters. The van der Waals surface area contributed by atoms with Gasteiger partial charge in [-0.1, -0.05) is 34.1 Å². The molecule has 0 saturated carbocycles. The third-order valence-corrected chi connectivity index (χ3v) is 3.50. The molecule has 0 saturated heterocycles. The molecule has 0 unspecified atom stereocenters. The number of alkyl halides is 1. The first-order valence-corrected chi connectivity index (χ1v) is 7.27. The van der Waals surface area contributed by atoms with Crippen LogP contribution in [0.2, 0.25) is 0 Å². The minimum Gasteiger partial charge on any atom is -0.481 e. The molecule has 0 fully saturated rings. The van der Waals surface area contributed by atoms with Crippen molar-refractivity contribution in [2.24, 2.45) is 0 Å². The van der Waals surface area contributed by atoms with E-state index in [1.807, 2.05) is 36.4 Å². The van der Waals surface area contributed by atoms with Crippen molar-refractivity contribution in [1.29, 1.82) is 0 Å². The summed E-state index contributed by atoms with van der Waals surface area (Å²) in [6.45, 7) is 0.385. The summed E-state index contributed by atoms with van der Waals surface area (Å²) in [4.78, 5) is 16.1. The first kappa shape index (κ1) is 14.5. The lowest BCUT2D eigenvalue weighted by Crippen LogP contribution is -2.23. The number of benzene rings is 1. The Morgan fingerprint density at radius 2 is 2.05 bits per heavy atom. The fourth-order valence-electron chi connectivity index (χ4n) is 1.77. The summed E-state index contributed by atoms with van der Waals surface area (Å²) in [5.41, 5.74) is 2.62. The molecule has 0 aliphatic carbocycles. The maximum absolute atomic E-state index is 12.0. The Hall–Kier alpha value is -1.88. The molecule has 4 nitrogen and oxygen atoms in total. The number of nitrogens with one attached hydrogen (secondary N) is 1. The first-order chi connectivity index (χ1) is 9.74. The van der Waals surface area contributed by atoms with Gasteiger partial charge < -0.3 is 10.1 Å². The number of ether oxygens (including phenoxy) is 1. The zero-order chi connectivity index (χ0) is 14.4. The maximum Gasteiger partial charge on any atom is 0.251 e. The molecule has 0 bridgehead atoms. The van der Waals surface area contributed by atoms with Crippen molar-refractivity contribution in [3.8, 4) is 5.88 Å². The van der Waals surface area contributed by atoms with Crippen molar-refractivity contribution < 1.29 is 9.53 Å². The van der Waals surface area contributed by atoms with E-state index >= 15 is 0 Å². The van der Waals surface area contributed by atoms with Crippen molar-refractivity contribution in [2.45, 2.75) is 11.9 Å². The van der Waals surface area contributed by atoms with Crippen molar-refractivity contribution in [2.75, 3.05) is 7.11 Å². The third kappa shape index (κ3) is 3.57. The summed E-state index contributed by atoms with van der Waals surface area (Å²) >= 11 is 3.37. The third-order valence-electron chi connectivity index (χ3n) is 2.85. The van der Waals surface area contributed by atoms with E-state index < -0.39 is 0 Å². The molecule has 1 aromatic carbocycles. The van der Waals surface area contributed by atoms with Crippen LogP contribution in [0.3, 0.4) is 0 Å². The average molecular weight is 335 g/mol. The van der Waals surface area contributed by atoms with Gasteiger partial charge in [0.25, 0.3) is 5.91 Å². The molecule has 0 aliphatic rings. The smallest absolute Gasteiger partial charge is 0.251 e. The predicted octanol–water partition coefficient (Wildman–Crippen LogP) is 2.92. The number of pyridine rings is 1. The van der Waals surface area contributed by atoms with Gasteiger partial charge in [-0.2, -0.15) is 0 Å². The van der Waals surface area contributed by atoms with Crippen LogP contribution in [0.15, 0.2) is 42.6 Å². The molecular weight excluding hydrogens is 320 g/mol. The SMILES string of the molecule is COc1ncccc1CNC(=O)c1ccc(CBr)cc1. The highest BCUT2D eigenvalue weighted by Crippen LogP contribution is 2.13. The van der Waals surface area contributed by atoms with Gasteiger partial charge in [-0.3, -0.25) is 4.79 Å². The van der Waals surface area contributed by atoms with Gasteiger partial charge >= 0.3 is 0 Å². The van der Waals surface area contributed by atoms with Crippen molar-refractivity contribution in [1.82, 2.24) is 10.3 Å². The van der Waals surface area contributed by atoms with Crippen LogP contribution in [0.5, 0.6) is 5.88 Å². The van der Waals surface area contributed by atoms with Crippen LogP contribution in [0, 0.1) is 0 Å². The molecule has 2 aromatic rings. The molecule has 1 aromatic heterocycles. The molecule has 0 spiro atoms. The topological polar surface area (TPSA) is 51.2 Å². The normalized spacial score (nSPS) is 10.1. The Labute approximate surface area is 126 Å². The van der Waals surface area contributed by atoms with Crippen molar-refractivity contribution >= 4 is 21.8 Å². The van der Waals surface area contributed by atoms with Gasteiger partial charge in [-0.15, -0.1) is 0 Å². The van der Waals surface area contributed by atoms with Crippen molar-refractivity contribution in [3.63, 3.8) is 0 Å². The van der Waals surface area contributed by atoms with Gasteiger partial charge in [0.15, 0.2) is 0 Å². The fourth-order valence-corrected chi connectivity index (χ4v) is 2.14. The Morgan fingerprint density at radius 3 is 2.70 bits per heavy atom. The van der Waals surface area contributed by atoms with E-state index in [0.29, 0.717) is 18.0 Å². The molecule has 0 radical (unpaired) electrons. The van der Waals surface area contributed by atoms with Gasteiger partial charge in [0.1, 0.15) is 0 Å². The van der Waals surface area contributed by atoms with Crippen LogP contribution in [0.1, 0.15) is 21.5 Å². The van der Waals surface area contributed by atoms with E-state index in [1.165, 1.54) is 0 Å². The summed E-state index contributed by atoms with van der Waals surface area (Å²) in [6, 6.07) is 11.2. The van der Waals surface area contributed by atoms with E-state index in [2.05, 4.69) is 26.2 Å². The Balaban J connectivity index is 2.01. The van der Waals surface area contributed by atoms with E-state index in [9.17, 15) is 4.79 Å². The number of amides is 1. The highest BCUT2D eigenvalue weighted by molar-refractivity contribution is 9.08. The first-order valence-electron chi connectivity index (χ1n) is 6.15. The molecule has 2 rings (SSSR count). The lowest BCUT2D eigenvalue weighted by atomic mass is 10.1. The number of hydrogen-bond acceptors (Lipinski definition) is 3. The summed E-state index contributed by atoms with van der Waals surface area (Å²) in [5.74, 6) is 0.416. The number of hydrogen-bond donors (Lipinski definition) is 1. The Bertz CT molecular complexity index is 585.